The lowest BCUT2D eigenvalue weighted by Gasteiger charge is -2.15. The first-order valence-electron chi connectivity index (χ1n) is 9.82. The molecule has 1 amide bonds. The number of phenolic OH excluding ortho intramolecular Hbond substituents is 1. The van der Waals surface area contributed by atoms with E-state index in [0.29, 0.717) is 41.5 Å². The van der Waals surface area contributed by atoms with Crippen LogP contribution in [-0.4, -0.2) is 23.5 Å². The highest BCUT2D eigenvalue weighted by Crippen LogP contribution is 2.27. The van der Waals surface area contributed by atoms with E-state index in [-0.39, 0.29) is 23.8 Å². The molecule has 1 aromatic heterocycles. The van der Waals surface area contributed by atoms with Gasteiger partial charge in [0.15, 0.2) is 0 Å². The van der Waals surface area contributed by atoms with Crippen molar-refractivity contribution in [3.8, 4) is 5.75 Å². The quantitative estimate of drug-likeness (QED) is 0.513. The summed E-state index contributed by atoms with van der Waals surface area (Å²) in [5.41, 5.74) is 1.97. The second-order valence-electron chi connectivity index (χ2n) is 7.19. The fourth-order valence-corrected chi connectivity index (χ4v) is 3.63. The third-order valence-electron chi connectivity index (χ3n) is 5.26. The molecule has 0 saturated carbocycles. The number of esters is 1. The Bertz CT molecular complexity index is 1180. The Balaban J connectivity index is 1.53. The molecule has 0 spiro atoms. The number of benzene rings is 2. The van der Waals surface area contributed by atoms with Gasteiger partial charge in [0.2, 0.25) is 5.91 Å². The number of hydrogen-bond donors (Lipinski definition) is 1. The molecule has 0 unspecified atom stereocenters. The summed E-state index contributed by atoms with van der Waals surface area (Å²) in [5, 5.41) is 10.6. The van der Waals surface area contributed by atoms with Crippen molar-refractivity contribution >= 4 is 28.5 Å². The lowest BCUT2D eigenvalue weighted by molar-refractivity contribution is -0.117. The minimum Gasteiger partial charge on any atom is -0.508 e. The van der Waals surface area contributed by atoms with Crippen molar-refractivity contribution in [2.75, 3.05) is 11.4 Å². The molecule has 4 rings (SSSR count). The molecule has 7 nitrogen and oxygen atoms in total. The minimum atomic E-state index is -0.586. The average Bonchev–Trinajstić information content (AvgIpc) is 3.17. The van der Waals surface area contributed by atoms with Crippen molar-refractivity contribution in [1.29, 1.82) is 0 Å². The Morgan fingerprint density at radius 3 is 2.57 bits per heavy atom. The van der Waals surface area contributed by atoms with Crippen molar-refractivity contribution in [3.63, 3.8) is 0 Å². The number of aryl methyl sites for hydroxylation is 1. The minimum absolute atomic E-state index is 0.0545. The van der Waals surface area contributed by atoms with Crippen molar-refractivity contribution in [2.24, 2.45) is 0 Å². The number of fused-ring (bicyclic) bond motifs is 1. The number of hydrogen-bond acceptors (Lipinski definition) is 6. The maximum Gasteiger partial charge on any atom is 0.338 e. The van der Waals surface area contributed by atoms with Gasteiger partial charge in [-0.15, -0.1) is 0 Å². The van der Waals surface area contributed by atoms with E-state index >= 15 is 0 Å². The molecule has 7 heteroatoms. The topological polar surface area (TPSA) is 97.0 Å². The van der Waals surface area contributed by atoms with E-state index in [1.165, 1.54) is 12.1 Å². The van der Waals surface area contributed by atoms with Crippen LogP contribution < -0.4 is 10.5 Å². The number of amides is 1. The molecule has 154 valence electrons. The second kappa shape index (κ2) is 8.02. The first-order chi connectivity index (χ1) is 14.5. The Kier molecular flexibility index (Phi) is 5.27. The number of carbonyl (C=O) groups excluding carboxylic acids is 2. The van der Waals surface area contributed by atoms with Crippen LogP contribution in [-0.2, 0) is 22.6 Å². The smallest absolute Gasteiger partial charge is 0.338 e. The first-order valence-corrected chi connectivity index (χ1v) is 9.82. The summed E-state index contributed by atoms with van der Waals surface area (Å²) < 4.78 is 10.6. The number of rotatable bonds is 5. The van der Waals surface area contributed by atoms with Crippen molar-refractivity contribution in [1.82, 2.24) is 0 Å². The standard InChI is InChI=1S/C23H21NO6/c1-2-14-10-18-16(11-22(27)30-20(18)12-19(14)25)13-29-23(28)15-5-7-17(8-6-15)24-9-3-4-21(24)26/h5-8,10-12,25H,2-4,9,13H2,1H3. The van der Waals surface area contributed by atoms with Crippen molar-refractivity contribution in [3.05, 3.63) is 69.6 Å². The lowest BCUT2D eigenvalue weighted by atomic mass is 10.0. The third kappa shape index (κ3) is 3.78. The van der Waals surface area contributed by atoms with Crippen molar-refractivity contribution < 1.29 is 23.8 Å². The van der Waals surface area contributed by atoms with Crippen LogP contribution >= 0.6 is 0 Å². The third-order valence-corrected chi connectivity index (χ3v) is 5.26. The highest BCUT2D eigenvalue weighted by atomic mass is 16.5. The molecule has 1 aliphatic heterocycles. The van der Waals surface area contributed by atoms with Gasteiger partial charge in [-0.25, -0.2) is 9.59 Å². The second-order valence-corrected chi connectivity index (χ2v) is 7.19. The van der Waals surface area contributed by atoms with Crippen LogP contribution in [0.5, 0.6) is 5.75 Å². The molecular weight excluding hydrogens is 386 g/mol. The zero-order valence-electron chi connectivity index (χ0n) is 16.5. The molecule has 0 radical (unpaired) electrons. The van der Waals surface area contributed by atoms with Gasteiger partial charge in [-0.3, -0.25) is 4.79 Å². The van der Waals surface area contributed by atoms with Crippen LogP contribution in [0.3, 0.4) is 0 Å². The predicted octanol–water partition coefficient (Wildman–Crippen LogP) is 3.54. The van der Waals surface area contributed by atoms with Gasteiger partial charge in [0.1, 0.15) is 17.9 Å². The molecule has 1 N–H and O–H groups in total. The molecular formula is C23H21NO6. The van der Waals surface area contributed by atoms with E-state index in [0.717, 1.165) is 12.1 Å². The summed E-state index contributed by atoms with van der Waals surface area (Å²) in [6.07, 6.45) is 1.98. The van der Waals surface area contributed by atoms with Gasteiger partial charge in [0.25, 0.3) is 0 Å². The largest absolute Gasteiger partial charge is 0.508 e. The summed E-state index contributed by atoms with van der Waals surface area (Å²) in [4.78, 5) is 37.9. The molecule has 2 heterocycles. The lowest BCUT2D eigenvalue weighted by Crippen LogP contribution is -2.23. The van der Waals surface area contributed by atoms with E-state index in [1.54, 1.807) is 35.2 Å². The highest BCUT2D eigenvalue weighted by Gasteiger charge is 2.22. The van der Waals surface area contributed by atoms with E-state index < -0.39 is 11.6 Å². The normalized spacial score (nSPS) is 13.8. The van der Waals surface area contributed by atoms with Crippen LogP contribution in [0.25, 0.3) is 11.0 Å². The average molecular weight is 407 g/mol. The van der Waals surface area contributed by atoms with Crippen LogP contribution in [0.2, 0.25) is 0 Å². The van der Waals surface area contributed by atoms with Gasteiger partial charge >= 0.3 is 11.6 Å². The fourth-order valence-electron chi connectivity index (χ4n) is 3.63. The summed E-state index contributed by atoms with van der Waals surface area (Å²) >= 11 is 0. The Labute approximate surface area is 172 Å². The molecule has 0 bridgehead atoms. The number of aromatic hydroxyl groups is 1. The van der Waals surface area contributed by atoms with Gasteiger partial charge in [0, 0.05) is 41.7 Å². The van der Waals surface area contributed by atoms with E-state index in [2.05, 4.69) is 0 Å². The predicted molar refractivity (Wildman–Crippen MR) is 111 cm³/mol. The van der Waals surface area contributed by atoms with Crippen LogP contribution in [0.1, 0.15) is 41.3 Å². The molecule has 1 aliphatic rings. The van der Waals surface area contributed by atoms with Crippen LogP contribution in [0.4, 0.5) is 5.69 Å². The van der Waals surface area contributed by atoms with Crippen LogP contribution in [0.15, 0.2) is 51.7 Å². The summed E-state index contributed by atoms with van der Waals surface area (Å²) in [6.45, 7) is 2.47. The maximum absolute atomic E-state index is 12.5. The van der Waals surface area contributed by atoms with Gasteiger partial charge in [-0.05, 0) is 48.7 Å². The molecule has 1 fully saturated rings. The van der Waals surface area contributed by atoms with Gasteiger partial charge in [-0.1, -0.05) is 6.92 Å². The summed E-state index contributed by atoms with van der Waals surface area (Å²) in [5.74, 6) is -0.401. The van der Waals surface area contributed by atoms with Gasteiger partial charge < -0.3 is 19.2 Å². The molecule has 0 aliphatic carbocycles. The molecule has 0 atom stereocenters. The zero-order chi connectivity index (χ0) is 21.3. The fraction of sp³-hybridized carbons (Fsp3) is 0.261. The first kappa shape index (κ1) is 19.7. The van der Waals surface area contributed by atoms with Gasteiger partial charge in [-0.2, -0.15) is 0 Å². The molecule has 30 heavy (non-hydrogen) atoms. The summed E-state index contributed by atoms with van der Waals surface area (Å²) in [6, 6.07) is 11.1. The molecule has 1 saturated heterocycles. The van der Waals surface area contributed by atoms with E-state index in [9.17, 15) is 19.5 Å². The van der Waals surface area contributed by atoms with E-state index in [4.69, 9.17) is 9.15 Å². The SMILES string of the molecule is CCc1cc2c(COC(=O)c3ccc(N4CCCC4=O)cc3)cc(=O)oc2cc1O. The molecule has 2 aromatic carbocycles. The maximum atomic E-state index is 12.5. The van der Waals surface area contributed by atoms with Gasteiger partial charge in [0.05, 0.1) is 5.56 Å². The van der Waals surface area contributed by atoms with E-state index in [1.807, 2.05) is 6.92 Å². The molecule has 3 aromatic rings. The monoisotopic (exact) mass is 407 g/mol. The summed E-state index contributed by atoms with van der Waals surface area (Å²) in [7, 11) is 0. The number of anilines is 1. The highest BCUT2D eigenvalue weighted by molar-refractivity contribution is 5.96. The number of phenols is 1. The Morgan fingerprint density at radius 2 is 1.90 bits per heavy atom. The zero-order valence-corrected chi connectivity index (χ0v) is 16.5. The number of nitrogens with zero attached hydrogens (tertiary/aromatic N) is 1. The number of carbonyl (C=O) groups is 2. The van der Waals surface area contributed by atoms with Crippen molar-refractivity contribution in [2.45, 2.75) is 32.8 Å². The number of ether oxygens (including phenoxy) is 1. The Hall–Kier alpha value is -3.61. The van der Waals surface area contributed by atoms with Crippen LogP contribution in [0, 0.1) is 0 Å². The Morgan fingerprint density at radius 1 is 1.13 bits per heavy atom.